The molecule has 1 saturated heterocycles. The van der Waals surface area contributed by atoms with Gasteiger partial charge in [0.15, 0.2) is 0 Å². The van der Waals surface area contributed by atoms with Gasteiger partial charge in [-0.05, 0) is 36.1 Å². The van der Waals surface area contributed by atoms with Crippen LogP contribution in [-0.2, 0) is 11.0 Å². The van der Waals surface area contributed by atoms with Gasteiger partial charge in [0, 0.05) is 28.8 Å². The zero-order valence-corrected chi connectivity index (χ0v) is 15.2. The summed E-state index contributed by atoms with van der Waals surface area (Å²) in [5.41, 5.74) is -0.955. The second-order valence-corrected chi connectivity index (χ2v) is 6.97. The van der Waals surface area contributed by atoms with Gasteiger partial charge in [-0.2, -0.15) is 13.2 Å². The van der Waals surface area contributed by atoms with Crippen LogP contribution in [0.4, 0.5) is 18.9 Å². The molecule has 0 saturated carbocycles. The van der Waals surface area contributed by atoms with Gasteiger partial charge < -0.3 is 15.0 Å². The van der Waals surface area contributed by atoms with E-state index < -0.39 is 17.3 Å². The summed E-state index contributed by atoms with van der Waals surface area (Å²) in [6, 6.07) is 10.9. The monoisotopic (exact) mass is 402 g/mol. The number of nitrogens with zero attached hydrogens (tertiary/aromatic N) is 1. The van der Waals surface area contributed by atoms with E-state index in [9.17, 15) is 27.9 Å². The minimum Gasteiger partial charge on any atom is -0.394 e. The Kier molecular flexibility index (Phi) is 4.66. The number of rotatable bonds is 3. The molecule has 0 spiro atoms. The Morgan fingerprint density at radius 2 is 1.86 bits per heavy atom. The van der Waals surface area contributed by atoms with Gasteiger partial charge in [-0.25, -0.2) is 0 Å². The number of aromatic amines is 1. The van der Waals surface area contributed by atoms with Gasteiger partial charge in [0.2, 0.25) is 5.91 Å². The van der Waals surface area contributed by atoms with Crippen LogP contribution in [0.1, 0.15) is 18.4 Å². The van der Waals surface area contributed by atoms with Crippen molar-refractivity contribution in [2.45, 2.75) is 25.1 Å². The lowest BCUT2D eigenvalue weighted by molar-refractivity contribution is -0.137. The summed E-state index contributed by atoms with van der Waals surface area (Å²) in [6.45, 7) is -0.187. The standard InChI is InChI=1S/C21H17F3N2O3/c22-21(23,24)17-4-2-1-3-15(17)18-9-12-5-6-13(10-16(12)20(29)25-18)26-14(11-27)7-8-19(26)28/h1-6,9-10,14,27H,7-8,11H2,(H,25,29)/t14-/m0/s1. The van der Waals surface area contributed by atoms with Crippen molar-refractivity contribution in [3.05, 3.63) is 64.4 Å². The first-order valence-electron chi connectivity index (χ1n) is 9.06. The Bertz CT molecular complexity index is 1150. The molecule has 1 atom stereocenters. The van der Waals surface area contributed by atoms with Crippen LogP contribution in [0.3, 0.4) is 0 Å². The average Bonchev–Trinajstić information content (AvgIpc) is 3.07. The topological polar surface area (TPSA) is 73.4 Å². The number of nitrogens with one attached hydrogen (secondary N) is 1. The normalized spacial score (nSPS) is 17.3. The molecule has 0 radical (unpaired) electrons. The molecule has 2 heterocycles. The van der Waals surface area contributed by atoms with Crippen molar-refractivity contribution in [3.63, 3.8) is 0 Å². The second-order valence-electron chi connectivity index (χ2n) is 6.97. The highest BCUT2D eigenvalue weighted by Crippen LogP contribution is 2.37. The van der Waals surface area contributed by atoms with Crippen LogP contribution in [0.15, 0.2) is 53.3 Å². The fourth-order valence-electron chi connectivity index (χ4n) is 3.78. The molecule has 1 fully saturated rings. The molecule has 0 unspecified atom stereocenters. The molecule has 8 heteroatoms. The van der Waals surface area contributed by atoms with Gasteiger partial charge >= 0.3 is 6.18 Å². The van der Waals surface area contributed by atoms with Crippen LogP contribution in [0, 0.1) is 0 Å². The van der Waals surface area contributed by atoms with E-state index in [1.54, 1.807) is 12.1 Å². The number of anilines is 1. The molecule has 1 aromatic heterocycles. The molecule has 3 aromatic rings. The summed E-state index contributed by atoms with van der Waals surface area (Å²) in [5, 5.41) is 10.2. The summed E-state index contributed by atoms with van der Waals surface area (Å²) in [7, 11) is 0. The smallest absolute Gasteiger partial charge is 0.394 e. The predicted molar refractivity (Wildman–Crippen MR) is 103 cm³/mol. The number of carbonyl (C=O) groups excluding carboxylic acids is 1. The number of H-pyrrole nitrogens is 1. The summed E-state index contributed by atoms with van der Waals surface area (Å²) >= 11 is 0. The molecule has 2 N–H and O–H groups in total. The van der Waals surface area contributed by atoms with Crippen LogP contribution in [-0.4, -0.2) is 28.6 Å². The molecular weight excluding hydrogens is 385 g/mol. The molecule has 150 valence electrons. The van der Waals surface area contributed by atoms with Crippen LogP contribution in [0.2, 0.25) is 0 Å². The quantitative estimate of drug-likeness (QED) is 0.702. The fourth-order valence-corrected chi connectivity index (χ4v) is 3.78. The number of aliphatic hydroxyl groups excluding tert-OH is 1. The van der Waals surface area contributed by atoms with Gasteiger partial charge in [-0.1, -0.05) is 24.3 Å². The van der Waals surface area contributed by atoms with Crippen LogP contribution in [0.5, 0.6) is 0 Å². The summed E-state index contributed by atoms with van der Waals surface area (Å²) in [6.07, 6.45) is -3.72. The molecule has 1 aliphatic rings. The Morgan fingerprint density at radius 1 is 1.10 bits per heavy atom. The number of amides is 1. The van der Waals surface area contributed by atoms with Crippen molar-refractivity contribution in [1.82, 2.24) is 4.98 Å². The minimum absolute atomic E-state index is 0.0636. The molecule has 4 rings (SSSR count). The molecular formula is C21H17F3N2O3. The van der Waals surface area contributed by atoms with Gasteiger partial charge in [-0.15, -0.1) is 0 Å². The van der Waals surface area contributed by atoms with Crippen molar-refractivity contribution >= 4 is 22.4 Å². The van der Waals surface area contributed by atoms with E-state index in [4.69, 9.17) is 0 Å². The SMILES string of the molecule is O=C1CC[C@@H](CO)N1c1ccc2cc(-c3ccccc3C(F)(F)F)[nH]c(=O)c2c1. The first-order valence-corrected chi connectivity index (χ1v) is 9.06. The van der Waals surface area contributed by atoms with Crippen LogP contribution < -0.4 is 10.5 Å². The maximum absolute atomic E-state index is 13.3. The van der Waals surface area contributed by atoms with Crippen molar-refractivity contribution in [3.8, 4) is 11.3 Å². The van der Waals surface area contributed by atoms with Gasteiger partial charge in [0.1, 0.15) is 0 Å². The van der Waals surface area contributed by atoms with E-state index in [1.807, 2.05) is 0 Å². The summed E-state index contributed by atoms with van der Waals surface area (Å²) < 4.78 is 40.0. The lowest BCUT2D eigenvalue weighted by Crippen LogP contribution is -2.35. The molecule has 29 heavy (non-hydrogen) atoms. The Labute approximate surface area is 163 Å². The van der Waals surface area contributed by atoms with Crippen molar-refractivity contribution in [1.29, 1.82) is 0 Å². The van der Waals surface area contributed by atoms with Crippen LogP contribution >= 0.6 is 0 Å². The Balaban J connectivity index is 1.83. The highest BCUT2D eigenvalue weighted by Gasteiger charge is 2.34. The van der Waals surface area contributed by atoms with Crippen molar-refractivity contribution in [2.75, 3.05) is 11.5 Å². The zero-order valence-electron chi connectivity index (χ0n) is 15.2. The minimum atomic E-state index is -4.55. The fraction of sp³-hybridized carbons (Fsp3) is 0.238. The third-order valence-electron chi connectivity index (χ3n) is 5.17. The number of fused-ring (bicyclic) bond motifs is 1. The molecule has 5 nitrogen and oxygen atoms in total. The van der Waals surface area contributed by atoms with Gasteiger partial charge in [0.05, 0.1) is 18.2 Å². The Hall–Kier alpha value is -3.13. The number of benzene rings is 2. The Morgan fingerprint density at radius 3 is 2.59 bits per heavy atom. The van der Waals surface area contributed by atoms with E-state index in [0.29, 0.717) is 23.9 Å². The largest absolute Gasteiger partial charge is 0.417 e. The number of carbonyl (C=O) groups is 1. The van der Waals surface area contributed by atoms with Crippen LogP contribution in [0.25, 0.3) is 22.0 Å². The zero-order chi connectivity index (χ0) is 20.8. The number of hydrogen-bond acceptors (Lipinski definition) is 3. The highest BCUT2D eigenvalue weighted by molar-refractivity contribution is 5.99. The van der Waals surface area contributed by atoms with E-state index in [2.05, 4.69) is 4.98 Å². The third-order valence-corrected chi connectivity index (χ3v) is 5.17. The lowest BCUT2D eigenvalue weighted by atomic mass is 10.0. The van der Waals surface area contributed by atoms with E-state index in [1.165, 1.54) is 35.2 Å². The number of pyridine rings is 1. The molecule has 0 aliphatic carbocycles. The van der Waals surface area contributed by atoms with Crippen molar-refractivity contribution < 1.29 is 23.1 Å². The first-order chi connectivity index (χ1) is 13.8. The summed E-state index contributed by atoms with van der Waals surface area (Å²) in [5.74, 6) is -0.143. The third kappa shape index (κ3) is 3.40. The van der Waals surface area contributed by atoms with Gasteiger partial charge in [0.25, 0.3) is 5.56 Å². The van der Waals surface area contributed by atoms with E-state index in [-0.39, 0.29) is 35.2 Å². The molecule has 1 aliphatic heterocycles. The molecule has 2 aromatic carbocycles. The van der Waals surface area contributed by atoms with E-state index in [0.717, 1.165) is 6.07 Å². The molecule has 0 bridgehead atoms. The average molecular weight is 402 g/mol. The number of aromatic nitrogens is 1. The number of aliphatic hydroxyl groups is 1. The van der Waals surface area contributed by atoms with Gasteiger partial charge in [-0.3, -0.25) is 9.59 Å². The first kappa shape index (κ1) is 19.2. The highest BCUT2D eigenvalue weighted by atomic mass is 19.4. The predicted octanol–water partition coefficient (Wildman–Crippen LogP) is 3.70. The second kappa shape index (κ2) is 7.04. The lowest BCUT2D eigenvalue weighted by Gasteiger charge is -2.23. The van der Waals surface area contributed by atoms with Crippen molar-refractivity contribution in [2.24, 2.45) is 0 Å². The maximum Gasteiger partial charge on any atom is 0.417 e. The number of alkyl halides is 3. The maximum atomic E-state index is 13.3. The number of halogens is 3. The molecule has 1 amide bonds. The summed E-state index contributed by atoms with van der Waals surface area (Å²) in [4.78, 5) is 28.8. The van der Waals surface area contributed by atoms with E-state index >= 15 is 0 Å². The number of hydrogen-bond donors (Lipinski definition) is 2.